The molecule has 7 heteroatoms. The van der Waals surface area contributed by atoms with E-state index in [1.807, 2.05) is 13.8 Å². The van der Waals surface area contributed by atoms with Gasteiger partial charge in [-0.05, 0) is 13.8 Å². The third-order valence-electron chi connectivity index (χ3n) is 1.97. The van der Waals surface area contributed by atoms with Crippen molar-refractivity contribution in [2.45, 2.75) is 20.4 Å². The van der Waals surface area contributed by atoms with Gasteiger partial charge in [0.25, 0.3) is 0 Å². The molecule has 0 spiro atoms. The van der Waals surface area contributed by atoms with Gasteiger partial charge in [-0.25, -0.2) is 4.98 Å². The number of hydrogen-bond donors (Lipinski definition) is 2. The lowest BCUT2D eigenvalue weighted by atomic mass is 10.4. The van der Waals surface area contributed by atoms with Gasteiger partial charge in [-0.2, -0.15) is 0 Å². The fourth-order valence-corrected chi connectivity index (χ4v) is 2.51. The largest absolute Gasteiger partial charge is 0.481 e. The number of hydrogen-bond acceptors (Lipinski definition) is 5. The van der Waals surface area contributed by atoms with Crippen molar-refractivity contribution in [1.82, 2.24) is 10.3 Å². The van der Waals surface area contributed by atoms with Crippen molar-refractivity contribution in [2.75, 3.05) is 11.5 Å². The Morgan fingerprint density at radius 1 is 1.41 bits per heavy atom. The van der Waals surface area contributed by atoms with Crippen molar-refractivity contribution in [3.63, 3.8) is 0 Å². The minimum absolute atomic E-state index is 0.0527. The number of rotatable bonds is 6. The van der Waals surface area contributed by atoms with Crippen molar-refractivity contribution >= 4 is 35.0 Å². The molecule has 1 aromatic rings. The molecule has 1 rings (SSSR count). The van der Waals surface area contributed by atoms with Gasteiger partial charge in [0.05, 0.1) is 23.7 Å². The van der Waals surface area contributed by atoms with E-state index in [1.54, 1.807) is 11.3 Å². The Hall–Kier alpha value is -1.08. The number of carboxylic acid groups (broad SMARTS) is 1. The number of aryl methyl sites for hydroxylation is 2. The lowest BCUT2D eigenvalue weighted by Gasteiger charge is -2.01. The average molecular weight is 274 g/mol. The normalized spacial score (nSPS) is 10.2. The molecule has 0 aliphatic rings. The number of nitrogens with one attached hydrogen (secondary N) is 1. The summed E-state index contributed by atoms with van der Waals surface area (Å²) in [6, 6.07) is 0. The highest BCUT2D eigenvalue weighted by Crippen LogP contribution is 2.15. The molecule has 1 aromatic heterocycles. The van der Waals surface area contributed by atoms with Crippen LogP contribution < -0.4 is 5.32 Å². The predicted octanol–water partition coefficient (Wildman–Crippen LogP) is 1.19. The molecule has 5 nitrogen and oxygen atoms in total. The van der Waals surface area contributed by atoms with Crippen LogP contribution in [0.25, 0.3) is 0 Å². The summed E-state index contributed by atoms with van der Waals surface area (Å²) in [5.74, 6) is -0.964. The molecule has 0 saturated carbocycles. The Morgan fingerprint density at radius 2 is 2.12 bits per heavy atom. The summed E-state index contributed by atoms with van der Waals surface area (Å²) in [7, 11) is 0. The Kier molecular flexibility index (Phi) is 5.43. The molecule has 0 atom stereocenters. The zero-order valence-electron chi connectivity index (χ0n) is 9.65. The number of aliphatic carboxylic acids is 1. The van der Waals surface area contributed by atoms with Gasteiger partial charge in [0.15, 0.2) is 0 Å². The van der Waals surface area contributed by atoms with Crippen molar-refractivity contribution in [3.05, 3.63) is 15.6 Å². The van der Waals surface area contributed by atoms with Crippen LogP contribution in [-0.2, 0) is 16.1 Å². The van der Waals surface area contributed by atoms with E-state index in [-0.39, 0.29) is 17.4 Å². The Balaban J connectivity index is 2.26. The first kappa shape index (κ1) is 14.0. The van der Waals surface area contributed by atoms with E-state index in [0.717, 1.165) is 27.3 Å². The van der Waals surface area contributed by atoms with Gasteiger partial charge in [-0.1, -0.05) is 0 Å². The van der Waals surface area contributed by atoms with E-state index < -0.39 is 5.97 Å². The maximum atomic E-state index is 11.3. The maximum Gasteiger partial charge on any atom is 0.313 e. The molecule has 0 fully saturated rings. The van der Waals surface area contributed by atoms with Crippen LogP contribution in [0.3, 0.4) is 0 Å². The predicted molar refractivity (Wildman–Crippen MR) is 68.4 cm³/mol. The molecule has 0 aliphatic heterocycles. The molecule has 0 saturated heterocycles. The van der Waals surface area contributed by atoms with E-state index >= 15 is 0 Å². The van der Waals surface area contributed by atoms with Crippen LogP contribution in [0.5, 0.6) is 0 Å². The lowest BCUT2D eigenvalue weighted by Crippen LogP contribution is -2.25. The lowest BCUT2D eigenvalue weighted by molar-refractivity contribution is -0.133. The van der Waals surface area contributed by atoms with E-state index in [4.69, 9.17) is 5.11 Å². The molecule has 0 bridgehead atoms. The van der Waals surface area contributed by atoms with Crippen LogP contribution in [0.2, 0.25) is 0 Å². The summed E-state index contributed by atoms with van der Waals surface area (Å²) < 4.78 is 0. The molecule has 17 heavy (non-hydrogen) atoms. The second kappa shape index (κ2) is 6.61. The van der Waals surface area contributed by atoms with Crippen molar-refractivity contribution < 1.29 is 14.7 Å². The molecule has 0 radical (unpaired) electrons. The smallest absolute Gasteiger partial charge is 0.313 e. The highest BCUT2D eigenvalue weighted by atomic mass is 32.2. The molecular weight excluding hydrogens is 260 g/mol. The van der Waals surface area contributed by atoms with Gasteiger partial charge in [0.2, 0.25) is 5.91 Å². The minimum Gasteiger partial charge on any atom is -0.481 e. The van der Waals surface area contributed by atoms with E-state index in [1.165, 1.54) is 0 Å². The highest BCUT2D eigenvalue weighted by Gasteiger charge is 2.07. The van der Waals surface area contributed by atoms with Crippen LogP contribution in [0, 0.1) is 13.8 Å². The van der Waals surface area contributed by atoms with Crippen molar-refractivity contribution in [3.8, 4) is 0 Å². The van der Waals surface area contributed by atoms with Crippen LogP contribution in [0.15, 0.2) is 0 Å². The molecule has 1 amide bonds. The van der Waals surface area contributed by atoms with Gasteiger partial charge >= 0.3 is 5.97 Å². The fourth-order valence-electron chi connectivity index (χ4n) is 1.07. The molecule has 0 aliphatic carbocycles. The Labute approximate surface area is 108 Å². The van der Waals surface area contributed by atoms with Crippen LogP contribution in [-0.4, -0.2) is 33.5 Å². The number of amides is 1. The molecule has 94 valence electrons. The first-order valence-electron chi connectivity index (χ1n) is 4.98. The average Bonchev–Trinajstić information content (AvgIpc) is 2.55. The number of carbonyl (C=O) groups excluding carboxylic acids is 1. The standard InChI is InChI=1S/C10H14N2O3S2/c1-6-7(2)17-9(12-6)3-11-8(13)4-16-5-10(14)15/h3-5H2,1-2H3,(H,11,13)(H,14,15). The van der Waals surface area contributed by atoms with Gasteiger partial charge in [0.1, 0.15) is 5.01 Å². The van der Waals surface area contributed by atoms with E-state index in [2.05, 4.69) is 10.3 Å². The van der Waals surface area contributed by atoms with Crippen LogP contribution in [0.1, 0.15) is 15.6 Å². The third kappa shape index (κ3) is 5.18. The molecular formula is C10H14N2O3S2. The molecule has 1 heterocycles. The quantitative estimate of drug-likeness (QED) is 0.814. The maximum absolute atomic E-state index is 11.3. The second-order valence-electron chi connectivity index (χ2n) is 3.41. The second-order valence-corrected chi connectivity index (χ2v) is 5.69. The zero-order valence-corrected chi connectivity index (χ0v) is 11.3. The third-order valence-corrected chi connectivity index (χ3v) is 3.96. The molecule has 0 aromatic carbocycles. The molecule has 2 N–H and O–H groups in total. The number of nitrogens with zero attached hydrogens (tertiary/aromatic N) is 1. The van der Waals surface area contributed by atoms with Gasteiger partial charge in [-0.3, -0.25) is 9.59 Å². The summed E-state index contributed by atoms with van der Waals surface area (Å²) >= 11 is 2.64. The summed E-state index contributed by atoms with van der Waals surface area (Å²) in [6.07, 6.45) is 0. The number of thioether (sulfide) groups is 1. The summed E-state index contributed by atoms with van der Waals surface area (Å²) in [5, 5.41) is 12.0. The summed E-state index contributed by atoms with van der Waals surface area (Å²) in [4.78, 5) is 27.0. The van der Waals surface area contributed by atoms with Gasteiger partial charge < -0.3 is 10.4 Å². The Bertz CT molecular complexity index is 398. The number of carbonyl (C=O) groups is 2. The van der Waals surface area contributed by atoms with Crippen LogP contribution in [0.4, 0.5) is 0 Å². The SMILES string of the molecule is Cc1nc(CNC(=O)CSCC(=O)O)sc1C. The van der Waals surface area contributed by atoms with Crippen molar-refractivity contribution in [1.29, 1.82) is 0 Å². The van der Waals surface area contributed by atoms with E-state index in [9.17, 15) is 9.59 Å². The highest BCUT2D eigenvalue weighted by molar-refractivity contribution is 8.00. The topological polar surface area (TPSA) is 79.3 Å². The minimum atomic E-state index is -0.908. The summed E-state index contributed by atoms with van der Waals surface area (Å²) in [6.45, 7) is 4.33. The number of carboxylic acids is 1. The monoisotopic (exact) mass is 274 g/mol. The van der Waals surface area contributed by atoms with Gasteiger partial charge in [0, 0.05) is 4.88 Å². The van der Waals surface area contributed by atoms with E-state index in [0.29, 0.717) is 6.54 Å². The fraction of sp³-hybridized carbons (Fsp3) is 0.500. The number of aromatic nitrogens is 1. The Morgan fingerprint density at radius 3 is 2.65 bits per heavy atom. The number of thiazole rings is 1. The molecule has 0 unspecified atom stereocenters. The summed E-state index contributed by atoms with van der Waals surface area (Å²) in [5.41, 5.74) is 0.986. The van der Waals surface area contributed by atoms with Crippen LogP contribution >= 0.6 is 23.1 Å². The van der Waals surface area contributed by atoms with Gasteiger partial charge in [-0.15, -0.1) is 23.1 Å². The first-order valence-corrected chi connectivity index (χ1v) is 6.95. The van der Waals surface area contributed by atoms with Crippen molar-refractivity contribution in [2.24, 2.45) is 0 Å². The first-order chi connectivity index (χ1) is 7.99. The zero-order chi connectivity index (χ0) is 12.8.